The Hall–Kier alpha value is -2.08. The molecule has 1 fully saturated rings. The molecule has 122 valence electrons. The highest BCUT2D eigenvalue weighted by Crippen LogP contribution is 2.27. The molecule has 23 heavy (non-hydrogen) atoms. The Morgan fingerprint density at radius 1 is 1.26 bits per heavy atom. The third kappa shape index (κ3) is 2.79. The lowest BCUT2D eigenvalue weighted by molar-refractivity contribution is 0.122. The number of anilines is 2. The first kappa shape index (κ1) is 14.5. The van der Waals surface area contributed by atoms with Crippen molar-refractivity contribution < 1.29 is 4.74 Å². The Balaban J connectivity index is 1.53. The highest BCUT2D eigenvalue weighted by Gasteiger charge is 2.21. The minimum Gasteiger partial charge on any atom is -0.378 e. The zero-order valence-corrected chi connectivity index (χ0v) is 13.6. The molecule has 1 saturated heterocycles. The van der Waals surface area contributed by atoms with E-state index >= 15 is 0 Å². The predicted molar refractivity (Wildman–Crippen MR) is 89.8 cm³/mol. The second kappa shape index (κ2) is 6.20. The number of morpholine rings is 1. The van der Waals surface area contributed by atoms with Gasteiger partial charge in [-0.1, -0.05) is 0 Å². The molecule has 2 aromatic rings. The van der Waals surface area contributed by atoms with Gasteiger partial charge in [0.05, 0.1) is 36.8 Å². The quantitative estimate of drug-likeness (QED) is 0.932. The Morgan fingerprint density at radius 2 is 2.13 bits per heavy atom. The number of nitrogens with one attached hydrogen (secondary N) is 1. The van der Waals surface area contributed by atoms with E-state index in [-0.39, 0.29) is 0 Å². The van der Waals surface area contributed by atoms with E-state index in [1.807, 2.05) is 24.0 Å². The lowest BCUT2D eigenvalue weighted by Gasteiger charge is -2.29. The number of hydrogen-bond donors (Lipinski definition) is 1. The first-order chi connectivity index (χ1) is 11.3. The van der Waals surface area contributed by atoms with E-state index in [2.05, 4.69) is 26.4 Å². The van der Waals surface area contributed by atoms with Crippen LogP contribution in [-0.2, 0) is 31.2 Å². The molecule has 2 aliphatic rings. The maximum atomic E-state index is 5.44. The zero-order chi connectivity index (χ0) is 15.6. The third-order valence-electron chi connectivity index (χ3n) is 4.74. The van der Waals surface area contributed by atoms with Gasteiger partial charge in [0, 0.05) is 26.3 Å². The minimum atomic E-state index is 0.769. The summed E-state index contributed by atoms with van der Waals surface area (Å²) < 4.78 is 7.47. The molecule has 0 amide bonds. The lowest BCUT2D eigenvalue weighted by Crippen LogP contribution is -2.37. The number of ether oxygens (including phenoxy) is 1. The van der Waals surface area contributed by atoms with Crippen molar-refractivity contribution in [1.82, 2.24) is 14.8 Å². The van der Waals surface area contributed by atoms with Crippen LogP contribution >= 0.6 is 0 Å². The van der Waals surface area contributed by atoms with E-state index < -0.39 is 0 Å². The highest BCUT2D eigenvalue weighted by molar-refractivity contribution is 5.65. The van der Waals surface area contributed by atoms with Gasteiger partial charge in [-0.25, -0.2) is 4.98 Å². The fourth-order valence-corrected chi connectivity index (χ4v) is 3.55. The van der Waals surface area contributed by atoms with Crippen LogP contribution in [-0.4, -0.2) is 41.1 Å². The Kier molecular flexibility index (Phi) is 3.91. The largest absolute Gasteiger partial charge is 0.378 e. The van der Waals surface area contributed by atoms with Crippen LogP contribution < -0.4 is 10.2 Å². The van der Waals surface area contributed by atoms with Crippen molar-refractivity contribution in [2.45, 2.75) is 25.8 Å². The minimum absolute atomic E-state index is 0.769. The van der Waals surface area contributed by atoms with Gasteiger partial charge in [-0.3, -0.25) is 4.68 Å². The van der Waals surface area contributed by atoms with E-state index in [4.69, 9.17) is 4.74 Å². The molecule has 1 aliphatic heterocycles. The molecule has 0 unspecified atom stereocenters. The topological polar surface area (TPSA) is 55.2 Å². The molecular weight excluding hydrogens is 290 g/mol. The SMILES string of the molecule is Cn1nc2c(c1CNc1cccnc1N1CCOCC1)CCC2. The summed E-state index contributed by atoms with van der Waals surface area (Å²) in [7, 11) is 2.04. The first-order valence-electron chi connectivity index (χ1n) is 8.38. The van der Waals surface area contributed by atoms with Crippen LogP contribution in [0.25, 0.3) is 0 Å². The molecule has 0 aromatic carbocycles. The van der Waals surface area contributed by atoms with Crippen LogP contribution in [0.4, 0.5) is 11.5 Å². The number of aromatic nitrogens is 3. The summed E-state index contributed by atoms with van der Waals surface area (Å²) in [5.41, 5.74) is 5.11. The van der Waals surface area contributed by atoms with Crippen molar-refractivity contribution >= 4 is 11.5 Å². The normalized spacial score (nSPS) is 17.3. The average Bonchev–Trinajstić information content (AvgIpc) is 3.15. The van der Waals surface area contributed by atoms with Crippen LogP contribution in [0.1, 0.15) is 23.4 Å². The number of aryl methyl sites for hydroxylation is 2. The highest BCUT2D eigenvalue weighted by atomic mass is 16.5. The Bertz CT molecular complexity index is 690. The molecule has 6 nitrogen and oxygen atoms in total. The summed E-state index contributed by atoms with van der Waals surface area (Å²) in [6.07, 6.45) is 5.37. The predicted octanol–water partition coefficient (Wildman–Crippen LogP) is 1.75. The summed E-state index contributed by atoms with van der Waals surface area (Å²) in [4.78, 5) is 6.87. The van der Waals surface area contributed by atoms with Gasteiger partial charge in [0.1, 0.15) is 0 Å². The fraction of sp³-hybridized carbons (Fsp3) is 0.529. The lowest BCUT2D eigenvalue weighted by atomic mass is 10.2. The van der Waals surface area contributed by atoms with Gasteiger partial charge in [0.25, 0.3) is 0 Å². The number of nitrogens with zero attached hydrogens (tertiary/aromatic N) is 4. The average molecular weight is 313 g/mol. The van der Waals surface area contributed by atoms with Gasteiger partial charge in [-0.05, 0) is 37.0 Å². The van der Waals surface area contributed by atoms with Crippen molar-refractivity contribution in [3.8, 4) is 0 Å². The van der Waals surface area contributed by atoms with E-state index in [9.17, 15) is 0 Å². The van der Waals surface area contributed by atoms with Crippen LogP contribution in [0.3, 0.4) is 0 Å². The van der Waals surface area contributed by atoms with Gasteiger partial charge < -0.3 is 15.0 Å². The molecular formula is C17H23N5O. The standard InChI is InChI=1S/C17H23N5O/c1-21-16(13-4-2-5-14(13)20-21)12-19-15-6-3-7-18-17(15)22-8-10-23-11-9-22/h3,6-7,19H,2,4-5,8-12H2,1H3. The van der Waals surface area contributed by atoms with Gasteiger partial charge in [-0.15, -0.1) is 0 Å². The molecule has 0 atom stereocenters. The molecule has 0 radical (unpaired) electrons. The van der Waals surface area contributed by atoms with Crippen LogP contribution in [0.5, 0.6) is 0 Å². The first-order valence-corrected chi connectivity index (χ1v) is 8.38. The molecule has 0 spiro atoms. The summed E-state index contributed by atoms with van der Waals surface area (Å²) >= 11 is 0. The van der Waals surface area contributed by atoms with Crippen molar-refractivity contribution in [1.29, 1.82) is 0 Å². The Labute approximate surface area is 136 Å². The molecule has 0 saturated carbocycles. The van der Waals surface area contributed by atoms with Crippen molar-refractivity contribution in [3.63, 3.8) is 0 Å². The number of rotatable bonds is 4. The van der Waals surface area contributed by atoms with E-state index in [1.54, 1.807) is 0 Å². The molecule has 1 N–H and O–H groups in total. The van der Waals surface area contributed by atoms with Crippen LogP contribution in [0, 0.1) is 0 Å². The summed E-state index contributed by atoms with van der Waals surface area (Å²) in [5, 5.41) is 8.23. The molecule has 4 rings (SSSR count). The molecule has 1 aliphatic carbocycles. The summed E-state index contributed by atoms with van der Waals surface area (Å²) in [5.74, 6) is 1.02. The van der Waals surface area contributed by atoms with Crippen LogP contribution in [0.2, 0.25) is 0 Å². The van der Waals surface area contributed by atoms with Gasteiger partial charge in [-0.2, -0.15) is 5.10 Å². The smallest absolute Gasteiger partial charge is 0.152 e. The number of pyridine rings is 1. The monoisotopic (exact) mass is 313 g/mol. The van der Waals surface area contributed by atoms with E-state index in [0.29, 0.717) is 0 Å². The van der Waals surface area contributed by atoms with Gasteiger partial charge >= 0.3 is 0 Å². The number of fused-ring (bicyclic) bond motifs is 1. The second-order valence-corrected chi connectivity index (χ2v) is 6.18. The molecule has 6 heteroatoms. The molecule has 2 aromatic heterocycles. The Morgan fingerprint density at radius 3 is 3.00 bits per heavy atom. The van der Waals surface area contributed by atoms with Gasteiger partial charge in [0.15, 0.2) is 5.82 Å². The van der Waals surface area contributed by atoms with Crippen LogP contribution in [0.15, 0.2) is 18.3 Å². The number of hydrogen-bond acceptors (Lipinski definition) is 5. The molecule has 0 bridgehead atoms. The summed E-state index contributed by atoms with van der Waals surface area (Å²) in [6, 6.07) is 4.09. The maximum absolute atomic E-state index is 5.44. The summed E-state index contributed by atoms with van der Waals surface area (Å²) in [6.45, 7) is 4.12. The van der Waals surface area contributed by atoms with E-state index in [1.165, 1.54) is 23.4 Å². The fourth-order valence-electron chi connectivity index (χ4n) is 3.55. The zero-order valence-electron chi connectivity index (χ0n) is 13.6. The van der Waals surface area contributed by atoms with E-state index in [0.717, 1.165) is 57.2 Å². The van der Waals surface area contributed by atoms with Crippen molar-refractivity contribution in [2.24, 2.45) is 7.05 Å². The maximum Gasteiger partial charge on any atom is 0.152 e. The second-order valence-electron chi connectivity index (χ2n) is 6.18. The van der Waals surface area contributed by atoms with Crippen molar-refractivity contribution in [3.05, 3.63) is 35.3 Å². The molecule has 3 heterocycles. The third-order valence-corrected chi connectivity index (χ3v) is 4.74. The van der Waals surface area contributed by atoms with Crippen molar-refractivity contribution in [2.75, 3.05) is 36.5 Å². The van der Waals surface area contributed by atoms with Gasteiger partial charge in [0.2, 0.25) is 0 Å².